The van der Waals surface area contributed by atoms with Gasteiger partial charge < -0.3 is 4.74 Å². The average molecular weight is 419 g/mol. The molecule has 0 saturated heterocycles. The van der Waals surface area contributed by atoms with Gasteiger partial charge in [0.05, 0.1) is 11.6 Å². The molecular weight excluding hydrogens is 403 g/mol. The number of halogens is 3. The van der Waals surface area contributed by atoms with Gasteiger partial charge in [-0.2, -0.15) is 0 Å². The van der Waals surface area contributed by atoms with Crippen LogP contribution >= 0.6 is 43.5 Å². The fourth-order valence-electron chi connectivity index (χ4n) is 2.18. The van der Waals surface area contributed by atoms with Crippen LogP contribution in [0.4, 0.5) is 0 Å². The molecule has 2 aromatic carbocycles. The van der Waals surface area contributed by atoms with Crippen molar-refractivity contribution >= 4 is 43.5 Å². The molecule has 2 rings (SSSR count). The smallest absolute Gasteiger partial charge is 0.133 e. The number of hydrogen-bond donors (Lipinski definition) is 0. The van der Waals surface area contributed by atoms with Gasteiger partial charge in [-0.05, 0) is 51.7 Å². The van der Waals surface area contributed by atoms with Crippen LogP contribution in [-0.4, -0.2) is 13.0 Å². The first kappa shape index (κ1) is 15.9. The van der Waals surface area contributed by atoms with E-state index in [-0.39, 0.29) is 5.92 Å². The van der Waals surface area contributed by atoms with E-state index in [0.717, 1.165) is 21.1 Å². The molecule has 0 aliphatic heterocycles. The molecule has 0 saturated carbocycles. The van der Waals surface area contributed by atoms with Crippen LogP contribution < -0.4 is 4.74 Å². The molecule has 0 aromatic heterocycles. The van der Waals surface area contributed by atoms with Crippen molar-refractivity contribution in [3.63, 3.8) is 0 Å². The minimum Gasteiger partial charge on any atom is -0.496 e. The van der Waals surface area contributed by atoms with Crippen molar-refractivity contribution in [2.75, 3.05) is 13.0 Å². The van der Waals surface area contributed by atoms with E-state index in [1.807, 2.05) is 18.2 Å². The minimum absolute atomic E-state index is 0.285. The lowest BCUT2D eigenvalue weighted by Gasteiger charge is -2.17. The second-order valence-corrected chi connectivity index (χ2v) is 6.56. The van der Waals surface area contributed by atoms with Crippen LogP contribution in [0.3, 0.4) is 0 Å². The lowest BCUT2D eigenvalue weighted by atomic mass is 9.93. The molecule has 4 heteroatoms. The Morgan fingerprint density at radius 2 is 1.85 bits per heavy atom. The molecule has 0 N–H and O–H groups in total. The number of alkyl halides is 1. The number of hydrogen-bond acceptors (Lipinski definition) is 1. The molecule has 0 bridgehead atoms. The lowest BCUT2D eigenvalue weighted by molar-refractivity contribution is 0.412. The summed E-state index contributed by atoms with van der Waals surface area (Å²) in [7, 11) is 1.67. The summed E-state index contributed by atoms with van der Waals surface area (Å²) in [6.07, 6.45) is 0.898. The fourth-order valence-corrected chi connectivity index (χ4v) is 3.65. The normalized spacial score (nSPS) is 12.2. The third kappa shape index (κ3) is 3.78. The Kier molecular flexibility index (Phi) is 5.94. The van der Waals surface area contributed by atoms with E-state index in [9.17, 15) is 0 Å². The summed E-state index contributed by atoms with van der Waals surface area (Å²) in [4.78, 5) is 0. The third-order valence-corrected chi connectivity index (χ3v) is 4.94. The van der Waals surface area contributed by atoms with Crippen LogP contribution in [0, 0.1) is 0 Å². The van der Waals surface area contributed by atoms with Gasteiger partial charge in [0.1, 0.15) is 5.75 Å². The van der Waals surface area contributed by atoms with E-state index < -0.39 is 0 Å². The number of benzene rings is 2. The first-order valence-electron chi connectivity index (χ1n) is 6.28. The summed E-state index contributed by atoms with van der Waals surface area (Å²) in [5, 5.41) is 0. The summed E-state index contributed by atoms with van der Waals surface area (Å²) in [5.74, 6) is 1.72. The second-order valence-electron chi connectivity index (χ2n) is 4.55. The van der Waals surface area contributed by atoms with Gasteiger partial charge in [-0.15, -0.1) is 11.6 Å². The van der Waals surface area contributed by atoms with Crippen LogP contribution in [0.15, 0.2) is 51.4 Å². The molecule has 1 unspecified atom stereocenters. The third-order valence-electron chi connectivity index (χ3n) is 3.23. The molecule has 0 radical (unpaired) electrons. The highest BCUT2D eigenvalue weighted by Crippen LogP contribution is 2.31. The number of rotatable bonds is 5. The summed E-state index contributed by atoms with van der Waals surface area (Å²) >= 11 is 13.3. The van der Waals surface area contributed by atoms with E-state index in [1.54, 1.807) is 7.11 Å². The Labute approximate surface area is 141 Å². The van der Waals surface area contributed by atoms with Crippen LogP contribution in [0.2, 0.25) is 0 Å². The van der Waals surface area contributed by atoms with Crippen LogP contribution in [0.25, 0.3) is 0 Å². The molecule has 106 valence electrons. The second kappa shape index (κ2) is 7.48. The highest BCUT2D eigenvalue weighted by atomic mass is 79.9. The van der Waals surface area contributed by atoms with Crippen molar-refractivity contribution in [1.82, 2.24) is 0 Å². The summed E-state index contributed by atoms with van der Waals surface area (Å²) in [6.45, 7) is 0. The van der Waals surface area contributed by atoms with Crippen LogP contribution in [0.5, 0.6) is 5.75 Å². The molecule has 20 heavy (non-hydrogen) atoms. The molecule has 0 amide bonds. The van der Waals surface area contributed by atoms with E-state index >= 15 is 0 Å². The Balaban J connectivity index is 2.23. The molecule has 1 nitrogen and oxygen atoms in total. The largest absolute Gasteiger partial charge is 0.496 e. The topological polar surface area (TPSA) is 9.23 Å². The predicted octanol–water partition coefficient (Wildman–Crippen LogP) is 5.79. The fraction of sp³-hybridized carbons (Fsp3) is 0.250. The van der Waals surface area contributed by atoms with Crippen molar-refractivity contribution in [1.29, 1.82) is 0 Å². The average Bonchev–Trinajstić information content (AvgIpc) is 2.46. The van der Waals surface area contributed by atoms with E-state index in [2.05, 4.69) is 56.1 Å². The predicted molar refractivity (Wildman–Crippen MR) is 92.0 cm³/mol. The van der Waals surface area contributed by atoms with E-state index in [0.29, 0.717) is 5.88 Å². The zero-order valence-electron chi connectivity index (χ0n) is 11.1. The maximum Gasteiger partial charge on any atom is 0.133 e. The Morgan fingerprint density at radius 3 is 2.45 bits per heavy atom. The Hall–Kier alpha value is -0.510. The monoisotopic (exact) mass is 416 g/mol. The summed E-state index contributed by atoms with van der Waals surface area (Å²) in [6, 6.07) is 14.4. The van der Waals surface area contributed by atoms with Crippen molar-refractivity contribution in [2.45, 2.75) is 12.3 Å². The Bertz CT molecular complexity index is 586. The quantitative estimate of drug-likeness (QED) is 0.559. The van der Waals surface area contributed by atoms with Gasteiger partial charge in [-0.3, -0.25) is 0 Å². The van der Waals surface area contributed by atoms with Crippen molar-refractivity contribution in [3.05, 3.63) is 62.5 Å². The first-order chi connectivity index (χ1) is 9.65. The maximum absolute atomic E-state index is 6.17. The molecular formula is C16H15Br2ClO. The molecule has 2 aromatic rings. The van der Waals surface area contributed by atoms with Crippen molar-refractivity contribution < 1.29 is 4.74 Å². The van der Waals surface area contributed by atoms with Gasteiger partial charge in [0.2, 0.25) is 0 Å². The van der Waals surface area contributed by atoms with Gasteiger partial charge >= 0.3 is 0 Å². The zero-order valence-corrected chi connectivity index (χ0v) is 15.0. The van der Waals surface area contributed by atoms with Gasteiger partial charge in [-0.1, -0.05) is 40.2 Å². The van der Waals surface area contributed by atoms with E-state index in [1.165, 1.54) is 11.1 Å². The Morgan fingerprint density at radius 1 is 1.10 bits per heavy atom. The van der Waals surface area contributed by atoms with Crippen LogP contribution in [-0.2, 0) is 6.42 Å². The lowest BCUT2D eigenvalue weighted by Crippen LogP contribution is -2.05. The first-order valence-corrected chi connectivity index (χ1v) is 8.40. The maximum atomic E-state index is 6.17. The summed E-state index contributed by atoms with van der Waals surface area (Å²) in [5.41, 5.74) is 2.48. The standard InChI is InChI=1S/C16H15Br2ClO/c1-20-16-7-6-11(9-15(16)18)8-12(10-19)13-4-2-3-5-14(13)17/h2-7,9,12H,8,10H2,1H3. The SMILES string of the molecule is COc1ccc(CC(CCl)c2ccccc2Br)cc1Br. The molecule has 0 spiro atoms. The number of ether oxygens (including phenoxy) is 1. The minimum atomic E-state index is 0.285. The highest BCUT2D eigenvalue weighted by Gasteiger charge is 2.14. The van der Waals surface area contributed by atoms with Crippen molar-refractivity contribution in [2.24, 2.45) is 0 Å². The zero-order chi connectivity index (χ0) is 14.5. The van der Waals surface area contributed by atoms with E-state index in [4.69, 9.17) is 16.3 Å². The summed E-state index contributed by atoms with van der Waals surface area (Å²) < 4.78 is 7.33. The molecule has 1 atom stereocenters. The van der Waals surface area contributed by atoms with Gasteiger partial charge in [0, 0.05) is 16.3 Å². The number of methoxy groups -OCH3 is 1. The molecule has 0 heterocycles. The van der Waals surface area contributed by atoms with Crippen LogP contribution in [0.1, 0.15) is 17.0 Å². The molecule has 0 aliphatic rings. The van der Waals surface area contributed by atoms with Gasteiger partial charge in [0.25, 0.3) is 0 Å². The van der Waals surface area contributed by atoms with Gasteiger partial charge in [-0.25, -0.2) is 0 Å². The van der Waals surface area contributed by atoms with Crippen molar-refractivity contribution in [3.8, 4) is 5.75 Å². The highest BCUT2D eigenvalue weighted by molar-refractivity contribution is 9.10. The molecule has 0 aliphatic carbocycles. The molecule has 0 fully saturated rings. The van der Waals surface area contributed by atoms with Gasteiger partial charge in [0.15, 0.2) is 0 Å².